The molecule has 1 atom stereocenters. The van der Waals surface area contributed by atoms with E-state index >= 15 is 0 Å². The number of halogens is 3. The highest BCUT2D eigenvalue weighted by Gasteiger charge is 2.31. The molecule has 0 aliphatic carbocycles. The van der Waals surface area contributed by atoms with Crippen molar-refractivity contribution in [1.82, 2.24) is 9.88 Å². The smallest absolute Gasteiger partial charge is 0.336 e. The molecule has 1 amide bonds. The molecule has 0 aromatic carbocycles. The van der Waals surface area contributed by atoms with Gasteiger partial charge >= 0.3 is 6.18 Å². The van der Waals surface area contributed by atoms with E-state index in [1.165, 1.54) is 4.90 Å². The van der Waals surface area contributed by atoms with Crippen molar-refractivity contribution in [2.45, 2.75) is 18.6 Å². The number of nitrogens with zero attached hydrogens (tertiary/aromatic N) is 2. The summed E-state index contributed by atoms with van der Waals surface area (Å²) in [6.45, 7) is 0.935. The monoisotopic (exact) mass is 259 g/mol. The highest BCUT2D eigenvalue weighted by atomic mass is 19.4. The summed E-state index contributed by atoms with van der Waals surface area (Å²) in [5.74, 6) is -0.378. The number of nitrogens with two attached hydrogens (primary N) is 1. The molecule has 1 aliphatic rings. The van der Waals surface area contributed by atoms with E-state index in [-0.39, 0.29) is 17.6 Å². The summed E-state index contributed by atoms with van der Waals surface area (Å²) in [4.78, 5) is 16.9. The number of carbonyl (C=O) groups is 1. The number of carbonyl (C=O) groups excluding carboxylic acids is 1. The molecule has 1 aromatic heterocycles. The minimum Gasteiger partial charge on any atom is -0.336 e. The summed E-state index contributed by atoms with van der Waals surface area (Å²) < 4.78 is 37.0. The van der Waals surface area contributed by atoms with E-state index in [4.69, 9.17) is 5.73 Å². The third-order valence-corrected chi connectivity index (χ3v) is 2.82. The number of likely N-dealkylation sites (tertiary alicyclic amines) is 1. The van der Waals surface area contributed by atoms with Crippen LogP contribution >= 0.6 is 0 Å². The van der Waals surface area contributed by atoms with Gasteiger partial charge in [0.1, 0.15) is 5.69 Å². The molecule has 1 aliphatic heterocycles. The van der Waals surface area contributed by atoms with Crippen LogP contribution in [-0.2, 0) is 6.18 Å². The van der Waals surface area contributed by atoms with Crippen LogP contribution in [0.4, 0.5) is 13.2 Å². The Balaban J connectivity index is 2.12. The average Bonchev–Trinajstić information content (AvgIpc) is 2.74. The summed E-state index contributed by atoms with van der Waals surface area (Å²) in [6, 6.07) is 1.88. The first-order valence-corrected chi connectivity index (χ1v) is 5.46. The molecule has 1 unspecified atom stereocenters. The maximum absolute atomic E-state index is 12.3. The van der Waals surface area contributed by atoms with Crippen LogP contribution in [0, 0.1) is 0 Å². The molecule has 0 spiro atoms. The van der Waals surface area contributed by atoms with Crippen molar-refractivity contribution < 1.29 is 18.0 Å². The number of aromatic nitrogens is 1. The molecule has 18 heavy (non-hydrogen) atoms. The molecule has 4 nitrogen and oxygen atoms in total. The first kappa shape index (κ1) is 12.8. The van der Waals surface area contributed by atoms with Crippen molar-refractivity contribution in [1.29, 1.82) is 0 Å². The fraction of sp³-hybridized carbons (Fsp3) is 0.455. The lowest BCUT2D eigenvalue weighted by atomic mass is 10.2. The molecule has 2 rings (SSSR count). The zero-order valence-electron chi connectivity index (χ0n) is 9.44. The second-order valence-electron chi connectivity index (χ2n) is 4.23. The van der Waals surface area contributed by atoms with Crippen LogP contribution in [0.3, 0.4) is 0 Å². The van der Waals surface area contributed by atoms with Gasteiger partial charge in [-0.05, 0) is 18.6 Å². The van der Waals surface area contributed by atoms with E-state index in [1.54, 1.807) is 0 Å². The lowest BCUT2D eigenvalue weighted by Gasteiger charge is -2.15. The van der Waals surface area contributed by atoms with Crippen molar-refractivity contribution in [2.75, 3.05) is 13.1 Å². The molecule has 2 heterocycles. The predicted octanol–water partition coefficient (Wildman–Crippen LogP) is 1.27. The van der Waals surface area contributed by atoms with Gasteiger partial charge in [0.25, 0.3) is 5.91 Å². The standard InChI is InChI=1S/C11H12F3N3O/c12-11(13,14)7-1-2-9(16-5-7)10(18)17-4-3-8(15)6-17/h1-2,5,8H,3-4,6,15H2. The van der Waals surface area contributed by atoms with Crippen molar-refractivity contribution in [2.24, 2.45) is 5.73 Å². The molecular weight excluding hydrogens is 247 g/mol. The quantitative estimate of drug-likeness (QED) is 0.826. The summed E-state index contributed by atoms with van der Waals surface area (Å²) in [5.41, 5.74) is 4.81. The van der Waals surface area contributed by atoms with E-state index in [9.17, 15) is 18.0 Å². The summed E-state index contributed by atoms with van der Waals surface area (Å²) in [7, 11) is 0. The Labute approximate surface area is 102 Å². The van der Waals surface area contributed by atoms with Crippen molar-refractivity contribution in [3.8, 4) is 0 Å². The fourth-order valence-corrected chi connectivity index (χ4v) is 1.82. The van der Waals surface area contributed by atoms with Crippen LogP contribution in [0.25, 0.3) is 0 Å². The number of hydrogen-bond donors (Lipinski definition) is 1. The second-order valence-corrected chi connectivity index (χ2v) is 4.23. The van der Waals surface area contributed by atoms with E-state index in [0.717, 1.165) is 12.1 Å². The van der Waals surface area contributed by atoms with E-state index < -0.39 is 11.7 Å². The Kier molecular flexibility index (Phi) is 3.25. The van der Waals surface area contributed by atoms with Gasteiger partial charge in [0.05, 0.1) is 5.56 Å². The highest BCUT2D eigenvalue weighted by molar-refractivity contribution is 5.92. The molecule has 7 heteroatoms. The van der Waals surface area contributed by atoms with Gasteiger partial charge in [-0.1, -0.05) is 0 Å². The van der Waals surface area contributed by atoms with Crippen LogP contribution in [0.15, 0.2) is 18.3 Å². The first-order chi connectivity index (χ1) is 8.38. The van der Waals surface area contributed by atoms with Gasteiger partial charge in [0, 0.05) is 25.3 Å². The summed E-state index contributed by atoms with van der Waals surface area (Å²) in [6.07, 6.45) is -3.07. The Morgan fingerprint density at radius 1 is 1.44 bits per heavy atom. The van der Waals surface area contributed by atoms with Crippen LogP contribution in [0.1, 0.15) is 22.5 Å². The molecule has 1 saturated heterocycles. The lowest BCUT2D eigenvalue weighted by molar-refractivity contribution is -0.137. The third-order valence-electron chi connectivity index (χ3n) is 2.82. The number of hydrogen-bond acceptors (Lipinski definition) is 3. The van der Waals surface area contributed by atoms with Crippen molar-refractivity contribution >= 4 is 5.91 Å². The zero-order valence-corrected chi connectivity index (χ0v) is 9.44. The normalized spacial score (nSPS) is 20.2. The lowest BCUT2D eigenvalue weighted by Crippen LogP contribution is -2.32. The molecule has 0 radical (unpaired) electrons. The summed E-state index contributed by atoms with van der Waals surface area (Å²) in [5, 5.41) is 0. The Hall–Kier alpha value is -1.63. The van der Waals surface area contributed by atoms with E-state index in [1.807, 2.05) is 0 Å². The Bertz CT molecular complexity index is 444. The van der Waals surface area contributed by atoms with Gasteiger partial charge < -0.3 is 10.6 Å². The van der Waals surface area contributed by atoms with Crippen molar-refractivity contribution in [3.63, 3.8) is 0 Å². The predicted molar refractivity (Wildman–Crippen MR) is 57.7 cm³/mol. The average molecular weight is 259 g/mol. The second kappa shape index (κ2) is 4.56. The maximum Gasteiger partial charge on any atom is 0.417 e. The van der Waals surface area contributed by atoms with Gasteiger partial charge in [0.2, 0.25) is 0 Å². The fourth-order valence-electron chi connectivity index (χ4n) is 1.82. The van der Waals surface area contributed by atoms with Crippen molar-refractivity contribution in [3.05, 3.63) is 29.6 Å². The van der Waals surface area contributed by atoms with Crippen LogP contribution in [0.5, 0.6) is 0 Å². The molecule has 98 valence electrons. The Morgan fingerprint density at radius 2 is 2.17 bits per heavy atom. The Morgan fingerprint density at radius 3 is 2.61 bits per heavy atom. The minimum absolute atomic E-state index is 0.0112. The van der Waals surface area contributed by atoms with Gasteiger partial charge in [0.15, 0.2) is 0 Å². The van der Waals surface area contributed by atoms with Crippen LogP contribution in [0.2, 0.25) is 0 Å². The third kappa shape index (κ3) is 2.61. The topological polar surface area (TPSA) is 59.2 Å². The SMILES string of the molecule is NC1CCN(C(=O)c2ccc(C(F)(F)F)cn2)C1. The molecule has 0 saturated carbocycles. The summed E-state index contributed by atoms with van der Waals surface area (Å²) >= 11 is 0. The molecule has 1 fully saturated rings. The molecule has 2 N–H and O–H groups in total. The number of pyridine rings is 1. The van der Waals surface area contributed by atoms with E-state index in [2.05, 4.69) is 4.98 Å². The van der Waals surface area contributed by atoms with Crippen LogP contribution in [-0.4, -0.2) is 34.9 Å². The maximum atomic E-state index is 12.3. The minimum atomic E-state index is -4.44. The molecular formula is C11H12F3N3O. The molecule has 0 bridgehead atoms. The van der Waals surface area contributed by atoms with Gasteiger partial charge in [-0.3, -0.25) is 9.78 Å². The first-order valence-electron chi connectivity index (χ1n) is 5.46. The highest BCUT2D eigenvalue weighted by Crippen LogP contribution is 2.28. The number of rotatable bonds is 1. The largest absolute Gasteiger partial charge is 0.417 e. The van der Waals surface area contributed by atoms with E-state index in [0.29, 0.717) is 25.7 Å². The van der Waals surface area contributed by atoms with Gasteiger partial charge in [-0.25, -0.2) is 0 Å². The van der Waals surface area contributed by atoms with Gasteiger partial charge in [-0.2, -0.15) is 13.2 Å². The molecule has 1 aromatic rings. The van der Waals surface area contributed by atoms with Gasteiger partial charge in [-0.15, -0.1) is 0 Å². The van der Waals surface area contributed by atoms with Crippen LogP contribution < -0.4 is 5.73 Å². The zero-order chi connectivity index (χ0) is 13.3. The number of amides is 1. The number of alkyl halides is 3.